The number of hydrogen-bond donors (Lipinski definition) is 1. The molecule has 0 saturated heterocycles. The summed E-state index contributed by atoms with van der Waals surface area (Å²) in [4.78, 5) is 15.8. The molecule has 1 aromatic heterocycles. The second-order valence-corrected chi connectivity index (χ2v) is 5.11. The standard InChI is InChI=1S/C14H23N3O2/c1-2-19-14(18)12-13(15)17(10-16-12)11-8-6-4-3-5-7-9-11/h10-11H,2-9,15H2,1H3. The van der Waals surface area contributed by atoms with E-state index in [1.54, 1.807) is 13.3 Å². The Morgan fingerprint density at radius 2 is 2.00 bits per heavy atom. The molecule has 0 aliphatic heterocycles. The van der Waals surface area contributed by atoms with Crippen LogP contribution in [0.1, 0.15) is 68.4 Å². The summed E-state index contributed by atoms with van der Waals surface area (Å²) < 4.78 is 6.92. The predicted molar refractivity (Wildman–Crippen MR) is 74.0 cm³/mol. The van der Waals surface area contributed by atoms with Crippen LogP contribution in [0.2, 0.25) is 0 Å². The van der Waals surface area contributed by atoms with Crippen LogP contribution in [0.4, 0.5) is 5.82 Å². The van der Waals surface area contributed by atoms with Crippen LogP contribution in [0.15, 0.2) is 6.33 Å². The Kier molecular flexibility index (Phi) is 4.82. The number of carbonyl (C=O) groups excluding carboxylic acids is 1. The van der Waals surface area contributed by atoms with E-state index < -0.39 is 5.97 Å². The summed E-state index contributed by atoms with van der Waals surface area (Å²) in [7, 11) is 0. The fourth-order valence-corrected chi connectivity index (χ4v) is 2.73. The van der Waals surface area contributed by atoms with Gasteiger partial charge in [0.25, 0.3) is 0 Å². The normalized spacial score (nSPS) is 17.7. The van der Waals surface area contributed by atoms with Gasteiger partial charge in [-0.15, -0.1) is 0 Å². The molecule has 2 N–H and O–H groups in total. The van der Waals surface area contributed by atoms with E-state index in [1.165, 1.54) is 32.1 Å². The molecule has 0 atom stereocenters. The van der Waals surface area contributed by atoms with Gasteiger partial charge < -0.3 is 15.0 Å². The van der Waals surface area contributed by atoms with Gasteiger partial charge >= 0.3 is 5.97 Å². The van der Waals surface area contributed by atoms with Crippen molar-refractivity contribution in [3.05, 3.63) is 12.0 Å². The topological polar surface area (TPSA) is 70.1 Å². The lowest BCUT2D eigenvalue weighted by atomic mass is 9.96. The maximum Gasteiger partial charge on any atom is 0.360 e. The summed E-state index contributed by atoms with van der Waals surface area (Å²) in [6.07, 6.45) is 10.3. The highest BCUT2D eigenvalue weighted by molar-refractivity contribution is 5.92. The highest BCUT2D eigenvalue weighted by atomic mass is 16.5. The molecule has 2 rings (SSSR count). The van der Waals surface area contributed by atoms with Gasteiger partial charge in [0.15, 0.2) is 5.69 Å². The van der Waals surface area contributed by atoms with Gasteiger partial charge in [0.05, 0.1) is 12.9 Å². The maximum atomic E-state index is 11.7. The summed E-state index contributed by atoms with van der Waals surface area (Å²) in [5.41, 5.74) is 6.31. The van der Waals surface area contributed by atoms with E-state index in [0.717, 1.165) is 12.8 Å². The Hall–Kier alpha value is -1.52. The number of esters is 1. The molecule has 5 heteroatoms. The van der Waals surface area contributed by atoms with Crippen molar-refractivity contribution >= 4 is 11.8 Å². The molecule has 0 aromatic carbocycles. The van der Waals surface area contributed by atoms with Crippen molar-refractivity contribution in [1.82, 2.24) is 9.55 Å². The first-order chi connectivity index (χ1) is 9.24. The first-order valence-corrected chi connectivity index (χ1v) is 7.23. The molecule has 0 spiro atoms. The van der Waals surface area contributed by atoms with Crippen molar-refractivity contribution in [2.45, 2.75) is 57.9 Å². The summed E-state index contributed by atoms with van der Waals surface area (Å²) in [6.45, 7) is 2.12. The Morgan fingerprint density at radius 1 is 1.37 bits per heavy atom. The lowest BCUT2D eigenvalue weighted by molar-refractivity contribution is 0.0521. The Bertz CT molecular complexity index is 420. The maximum absolute atomic E-state index is 11.7. The molecular formula is C14H23N3O2. The molecule has 0 bridgehead atoms. The number of nitrogen functional groups attached to an aromatic ring is 1. The van der Waals surface area contributed by atoms with E-state index in [0.29, 0.717) is 18.5 Å². The molecule has 1 saturated carbocycles. The zero-order chi connectivity index (χ0) is 13.7. The van der Waals surface area contributed by atoms with Gasteiger partial charge in [0.1, 0.15) is 5.82 Å². The van der Waals surface area contributed by atoms with Crippen molar-refractivity contribution in [2.75, 3.05) is 12.3 Å². The highest BCUT2D eigenvalue weighted by Gasteiger charge is 2.21. The number of nitrogens with two attached hydrogens (primary N) is 1. The number of aromatic nitrogens is 2. The number of nitrogens with zero attached hydrogens (tertiary/aromatic N) is 2. The summed E-state index contributed by atoms with van der Waals surface area (Å²) in [5, 5.41) is 0. The van der Waals surface area contributed by atoms with Crippen LogP contribution in [-0.4, -0.2) is 22.1 Å². The second kappa shape index (κ2) is 6.59. The third kappa shape index (κ3) is 3.28. The third-order valence-corrected chi connectivity index (χ3v) is 3.77. The average Bonchev–Trinajstić information content (AvgIpc) is 2.71. The first kappa shape index (κ1) is 13.9. The lowest BCUT2D eigenvalue weighted by Crippen LogP contribution is -2.14. The molecule has 0 amide bonds. The van der Waals surface area contributed by atoms with Crippen molar-refractivity contribution in [3.8, 4) is 0 Å². The Morgan fingerprint density at radius 3 is 2.63 bits per heavy atom. The zero-order valence-corrected chi connectivity index (χ0v) is 11.6. The Labute approximate surface area is 114 Å². The SMILES string of the molecule is CCOC(=O)c1ncn(C2CCCCCCC2)c1N. The highest BCUT2D eigenvalue weighted by Crippen LogP contribution is 2.29. The van der Waals surface area contributed by atoms with Crippen LogP contribution in [0.3, 0.4) is 0 Å². The number of imidazole rings is 1. The monoisotopic (exact) mass is 265 g/mol. The van der Waals surface area contributed by atoms with Gasteiger partial charge in [0.2, 0.25) is 0 Å². The van der Waals surface area contributed by atoms with Gasteiger partial charge in [-0.2, -0.15) is 0 Å². The minimum Gasteiger partial charge on any atom is -0.461 e. The number of anilines is 1. The number of rotatable bonds is 3. The van der Waals surface area contributed by atoms with E-state index in [9.17, 15) is 4.79 Å². The third-order valence-electron chi connectivity index (χ3n) is 3.77. The van der Waals surface area contributed by atoms with Gasteiger partial charge in [-0.05, 0) is 19.8 Å². The summed E-state index contributed by atoms with van der Waals surface area (Å²) in [5.74, 6) is 0.0219. The summed E-state index contributed by atoms with van der Waals surface area (Å²) in [6, 6.07) is 0.371. The predicted octanol–water partition coefficient (Wildman–Crippen LogP) is 2.93. The van der Waals surface area contributed by atoms with E-state index >= 15 is 0 Å². The van der Waals surface area contributed by atoms with Crippen LogP contribution < -0.4 is 5.73 Å². The number of ether oxygens (including phenoxy) is 1. The van der Waals surface area contributed by atoms with Crippen molar-refractivity contribution < 1.29 is 9.53 Å². The van der Waals surface area contributed by atoms with E-state index in [4.69, 9.17) is 10.5 Å². The molecular weight excluding hydrogens is 242 g/mol. The van der Waals surface area contributed by atoms with Crippen LogP contribution in [0.25, 0.3) is 0 Å². The van der Waals surface area contributed by atoms with Gasteiger partial charge in [-0.1, -0.05) is 32.1 Å². The fourth-order valence-electron chi connectivity index (χ4n) is 2.73. The van der Waals surface area contributed by atoms with Gasteiger partial charge in [-0.3, -0.25) is 0 Å². The van der Waals surface area contributed by atoms with Crippen molar-refractivity contribution in [3.63, 3.8) is 0 Å². The zero-order valence-electron chi connectivity index (χ0n) is 11.6. The smallest absolute Gasteiger partial charge is 0.360 e. The van der Waals surface area contributed by atoms with Crippen LogP contribution in [0, 0.1) is 0 Å². The molecule has 1 aromatic rings. The minimum absolute atomic E-state index is 0.254. The quantitative estimate of drug-likeness (QED) is 0.853. The molecule has 1 aliphatic rings. The van der Waals surface area contributed by atoms with Gasteiger partial charge in [-0.25, -0.2) is 9.78 Å². The molecule has 0 unspecified atom stereocenters. The summed E-state index contributed by atoms with van der Waals surface area (Å²) >= 11 is 0. The van der Waals surface area contributed by atoms with Crippen molar-refractivity contribution in [2.24, 2.45) is 0 Å². The average molecular weight is 265 g/mol. The van der Waals surface area contributed by atoms with E-state index in [-0.39, 0.29) is 5.69 Å². The lowest BCUT2D eigenvalue weighted by Gasteiger charge is -2.22. The van der Waals surface area contributed by atoms with Crippen LogP contribution >= 0.6 is 0 Å². The first-order valence-electron chi connectivity index (χ1n) is 7.23. The van der Waals surface area contributed by atoms with E-state index in [2.05, 4.69) is 4.98 Å². The molecule has 1 fully saturated rings. The molecule has 1 heterocycles. The molecule has 106 valence electrons. The number of carbonyl (C=O) groups is 1. The second-order valence-electron chi connectivity index (χ2n) is 5.11. The largest absolute Gasteiger partial charge is 0.461 e. The molecule has 19 heavy (non-hydrogen) atoms. The van der Waals surface area contributed by atoms with Gasteiger partial charge in [0, 0.05) is 6.04 Å². The van der Waals surface area contributed by atoms with Crippen molar-refractivity contribution in [1.29, 1.82) is 0 Å². The van der Waals surface area contributed by atoms with Crippen LogP contribution in [-0.2, 0) is 4.74 Å². The van der Waals surface area contributed by atoms with Crippen LogP contribution in [0.5, 0.6) is 0 Å². The molecule has 1 aliphatic carbocycles. The number of hydrogen-bond acceptors (Lipinski definition) is 4. The van der Waals surface area contributed by atoms with E-state index in [1.807, 2.05) is 4.57 Å². The fraction of sp³-hybridized carbons (Fsp3) is 0.714. The molecule has 5 nitrogen and oxygen atoms in total. The Balaban J connectivity index is 2.13. The molecule has 0 radical (unpaired) electrons. The minimum atomic E-state index is -0.426.